The average Bonchev–Trinajstić information content (AvgIpc) is 1.89. The number of hydrogen-bond donors (Lipinski definition) is 0. The Hall–Kier alpha value is 0.200. The Morgan fingerprint density at radius 2 is 2.56 bits per heavy atom. The Balaban J connectivity index is 2.39. The van der Waals surface area contributed by atoms with E-state index in [1.165, 1.54) is 6.42 Å². The van der Waals surface area contributed by atoms with E-state index in [9.17, 15) is 0 Å². The number of hydrogen-bond acceptors (Lipinski definition) is 3. The molecule has 1 saturated heterocycles. The van der Waals surface area contributed by atoms with Gasteiger partial charge >= 0.3 is 0 Å². The summed E-state index contributed by atoms with van der Waals surface area (Å²) in [6.45, 7) is 0.947. The van der Waals surface area contributed by atoms with E-state index >= 15 is 0 Å². The molecule has 1 aliphatic rings. The number of hydroxylamine groups is 2. The van der Waals surface area contributed by atoms with Gasteiger partial charge in [0.15, 0.2) is 4.32 Å². The highest BCUT2D eigenvalue weighted by molar-refractivity contribution is 8.22. The van der Waals surface area contributed by atoms with Crippen molar-refractivity contribution in [3.05, 3.63) is 0 Å². The molecule has 1 rings (SSSR count). The highest BCUT2D eigenvalue weighted by atomic mass is 32.2. The van der Waals surface area contributed by atoms with Crippen LogP contribution in [0.3, 0.4) is 0 Å². The summed E-state index contributed by atoms with van der Waals surface area (Å²) in [7, 11) is 1.65. The summed E-state index contributed by atoms with van der Waals surface area (Å²) in [5.74, 6) is 1.14. The Morgan fingerprint density at radius 3 is 3.00 bits per heavy atom. The van der Waals surface area contributed by atoms with Crippen LogP contribution in [0.1, 0.15) is 6.42 Å². The van der Waals surface area contributed by atoms with Gasteiger partial charge < -0.3 is 0 Å². The Kier molecular flexibility index (Phi) is 2.75. The van der Waals surface area contributed by atoms with Crippen molar-refractivity contribution in [2.75, 3.05) is 19.4 Å². The van der Waals surface area contributed by atoms with Gasteiger partial charge in [-0.25, -0.2) is 5.06 Å². The first kappa shape index (κ1) is 7.31. The highest BCUT2D eigenvalue weighted by Crippen LogP contribution is 2.16. The zero-order valence-electron chi connectivity index (χ0n) is 5.29. The van der Waals surface area contributed by atoms with Crippen LogP contribution < -0.4 is 0 Å². The largest absolute Gasteiger partial charge is 0.275 e. The predicted octanol–water partition coefficient (Wildman–Crippen LogP) is 1.27. The molecule has 1 aliphatic heterocycles. The molecule has 0 bridgehead atoms. The molecule has 9 heavy (non-hydrogen) atoms. The summed E-state index contributed by atoms with van der Waals surface area (Å²) in [4.78, 5) is 4.97. The molecule has 2 nitrogen and oxygen atoms in total. The lowest BCUT2D eigenvalue weighted by Gasteiger charge is -2.25. The van der Waals surface area contributed by atoms with E-state index in [1.807, 2.05) is 0 Å². The fourth-order valence-corrected chi connectivity index (χ4v) is 1.87. The molecule has 0 amide bonds. The van der Waals surface area contributed by atoms with Crippen molar-refractivity contribution in [2.24, 2.45) is 0 Å². The van der Waals surface area contributed by atoms with E-state index in [-0.39, 0.29) is 0 Å². The zero-order valence-corrected chi connectivity index (χ0v) is 6.93. The van der Waals surface area contributed by atoms with E-state index in [1.54, 1.807) is 23.9 Å². The number of rotatable bonds is 1. The Labute approximate surface area is 64.5 Å². The van der Waals surface area contributed by atoms with Crippen molar-refractivity contribution >= 4 is 28.3 Å². The van der Waals surface area contributed by atoms with Crippen molar-refractivity contribution in [3.63, 3.8) is 0 Å². The maximum Gasteiger partial charge on any atom is 0.160 e. The van der Waals surface area contributed by atoms with Crippen LogP contribution in [0.25, 0.3) is 0 Å². The monoisotopic (exact) mass is 163 g/mol. The predicted molar refractivity (Wildman–Crippen MR) is 43.4 cm³/mol. The number of thiocarbonyl (C=S) groups is 1. The van der Waals surface area contributed by atoms with Gasteiger partial charge in [0.05, 0.1) is 7.11 Å². The molecule has 0 atom stereocenters. The minimum absolute atomic E-state index is 0.865. The summed E-state index contributed by atoms with van der Waals surface area (Å²) >= 11 is 6.67. The quantitative estimate of drug-likeness (QED) is 0.539. The van der Waals surface area contributed by atoms with E-state index in [0.717, 1.165) is 16.6 Å². The molecule has 1 fully saturated rings. The lowest BCUT2D eigenvalue weighted by molar-refractivity contribution is -0.0598. The van der Waals surface area contributed by atoms with Crippen molar-refractivity contribution in [3.8, 4) is 0 Å². The molecular weight excluding hydrogens is 154 g/mol. The first-order valence-corrected chi connectivity index (χ1v) is 4.22. The molecule has 0 saturated carbocycles. The van der Waals surface area contributed by atoms with E-state index in [4.69, 9.17) is 17.1 Å². The van der Waals surface area contributed by atoms with Gasteiger partial charge in [-0.05, 0) is 6.42 Å². The van der Waals surface area contributed by atoms with Crippen molar-refractivity contribution in [1.29, 1.82) is 0 Å². The van der Waals surface area contributed by atoms with E-state index in [0.29, 0.717) is 0 Å². The maximum atomic E-state index is 4.99. The third-order valence-electron chi connectivity index (χ3n) is 1.16. The van der Waals surface area contributed by atoms with Crippen LogP contribution in [0.15, 0.2) is 0 Å². The van der Waals surface area contributed by atoms with E-state index < -0.39 is 0 Å². The van der Waals surface area contributed by atoms with Gasteiger partial charge in [-0.1, -0.05) is 24.0 Å². The third-order valence-corrected chi connectivity index (χ3v) is 2.66. The number of thioether (sulfide) groups is 1. The second kappa shape index (κ2) is 3.39. The molecule has 52 valence electrons. The van der Waals surface area contributed by atoms with Gasteiger partial charge in [0.1, 0.15) is 0 Å². The maximum absolute atomic E-state index is 4.99. The van der Waals surface area contributed by atoms with Crippen LogP contribution in [-0.4, -0.2) is 28.8 Å². The Bertz CT molecular complexity index is 118. The number of nitrogens with zero attached hydrogens (tertiary/aromatic N) is 1. The normalized spacial score (nSPS) is 20.6. The zero-order chi connectivity index (χ0) is 6.69. The topological polar surface area (TPSA) is 12.5 Å². The molecule has 0 aromatic rings. The summed E-state index contributed by atoms with van der Waals surface area (Å²) in [5, 5.41) is 1.75. The molecule has 0 unspecified atom stereocenters. The smallest absolute Gasteiger partial charge is 0.160 e. The molecule has 0 N–H and O–H groups in total. The van der Waals surface area contributed by atoms with Crippen LogP contribution in [-0.2, 0) is 4.84 Å². The molecule has 4 heteroatoms. The molecule has 0 aromatic carbocycles. The first-order valence-electron chi connectivity index (χ1n) is 2.83. The SMILES string of the molecule is CON1CCCSC1=S. The standard InChI is InChI=1S/C5H9NOS2/c1-7-6-3-2-4-9-5(6)8/h2-4H2,1H3. The first-order chi connectivity index (χ1) is 4.34. The van der Waals surface area contributed by atoms with Crippen LogP contribution >= 0.6 is 24.0 Å². The Morgan fingerprint density at radius 1 is 1.78 bits per heavy atom. The van der Waals surface area contributed by atoms with Gasteiger partial charge in [-0.15, -0.1) is 0 Å². The summed E-state index contributed by atoms with van der Waals surface area (Å²) < 4.78 is 0.865. The van der Waals surface area contributed by atoms with Crippen LogP contribution in [0, 0.1) is 0 Å². The van der Waals surface area contributed by atoms with Gasteiger partial charge in [-0.3, -0.25) is 4.84 Å². The molecule has 0 aromatic heterocycles. The summed E-state index contributed by atoms with van der Waals surface area (Å²) in [6.07, 6.45) is 1.17. The summed E-state index contributed by atoms with van der Waals surface area (Å²) in [6, 6.07) is 0. The second-order valence-corrected chi connectivity index (χ2v) is 3.48. The fourth-order valence-electron chi connectivity index (χ4n) is 0.697. The van der Waals surface area contributed by atoms with Crippen LogP contribution in [0.4, 0.5) is 0 Å². The molecule has 0 spiro atoms. The minimum Gasteiger partial charge on any atom is -0.275 e. The van der Waals surface area contributed by atoms with E-state index in [2.05, 4.69) is 0 Å². The molecule has 0 aliphatic carbocycles. The summed E-state index contributed by atoms with van der Waals surface area (Å²) in [5.41, 5.74) is 0. The van der Waals surface area contributed by atoms with Gasteiger partial charge in [-0.2, -0.15) is 0 Å². The average molecular weight is 163 g/mol. The van der Waals surface area contributed by atoms with Gasteiger partial charge in [0, 0.05) is 12.3 Å². The lowest BCUT2D eigenvalue weighted by Crippen LogP contribution is -2.31. The second-order valence-electron chi connectivity index (χ2n) is 1.75. The van der Waals surface area contributed by atoms with Crippen molar-refractivity contribution in [1.82, 2.24) is 5.06 Å². The highest BCUT2D eigenvalue weighted by Gasteiger charge is 2.13. The molecule has 0 radical (unpaired) electrons. The third kappa shape index (κ3) is 1.81. The van der Waals surface area contributed by atoms with Crippen LogP contribution in [0.5, 0.6) is 0 Å². The lowest BCUT2D eigenvalue weighted by atomic mass is 10.5. The molecule has 1 heterocycles. The van der Waals surface area contributed by atoms with Crippen molar-refractivity contribution < 1.29 is 4.84 Å². The fraction of sp³-hybridized carbons (Fsp3) is 0.800. The van der Waals surface area contributed by atoms with Gasteiger partial charge in [0.2, 0.25) is 0 Å². The van der Waals surface area contributed by atoms with Crippen LogP contribution in [0.2, 0.25) is 0 Å². The van der Waals surface area contributed by atoms with Gasteiger partial charge in [0.25, 0.3) is 0 Å². The minimum atomic E-state index is 0.865. The van der Waals surface area contributed by atoms with Crippen molar-refractivity contribution in [2.45, 2.75) is 6.42 Å². The molecular formula is C5H9NOS2.